The van der Waals surface area contributed by atoms with Crippen LogP contribution in [-0.2, 0) is 4.74 Å². The van der Waals surface area contributed by atoms with Crippen LogP contribution in [0.4, 0.5) is 0 Å². The van der Waals surface area contributed by atoms with Gasteiger partial charge in [0, 0.05) is 25.1 Å². The molecule has 1 aliphatic heterocycles. The van der Waals surface area contributed by atoms with Crippen molar-refractivity contribution in [1.29, 1.82) is 0 Å². The van der Waals surface area contributed by atoms with Crippen molar-refractivity contribution in [2.24, 2.45) is 16.8 Å². The second-order valence-electron chi connectivity index (χ2n) is 5.13. The highest BCUT2D eigenvalue weighted by atomic mass is 16.5. The molecule has 1 heterocycles. The van der Waals surface area contributed by atoms with Crippen molar-refractivity contribution in [2.45, 2.75) is 45.3 Å². The van der Waals surface area contributed by atoms with Crippen molar-refractivity contribution >= 4 is 5.84 Å². The van der Waals surface area contributed by atoms with Gasteiger partial charge >= 0.3 is 0 Å². The van der Waals surface area contributed by atoms with E-state index in [9.17, 15) is 0 Å². The zero-order valence-electron chi connectivity index (χ0n) is 10.4. The van der Waals surface area contributed by atoms with Crippen LogP contribution in [0.3, 0.4) is 0 Å². The Bertz CT molecular complexity index is 254. The Morgan fingerprint density at radius 1 is 1.69 bits per heavy atom. The molecule has 2 unspecified atom stereocenters. The van der Waals surface area contributed by atoms with Crippen molar-refractivity contribution in [3.63, 3.8) is 0 Å². The predicted molar refractivity (Wildman–Crippen MR) is 63.6 cm³/mol. The molecule has 2 atom stereocenters. The lowest BCUT2D eigenvalue weighted by molar-refractivity contribution is -0.0629. The third-order valence-electron chi connectivity index (χ3n) is 3.03. The van der Waals surface area contributed by atoms with E-state index in [-0.39, 0.29) is 17.4 Å². The largest absolute Gasteiger partial charge is 0.409 e. The number of ether oxygens (including phenoxy) is 1. The zero-order valence-corrected chi connectivity index (χ0v) is 10.4. The van der Waals surface area contributed by atoms with Crippen LogP contribution >= 0.6 is 0 Å². The lowest BCUT2D eigenvalue weighted by Crippen LogP contribution is -2.45. The van der Waals surface area contributed by atoms with Gasteiger partial charge in [0.2, 0.25) is 0 Å². The molecule has 0 bridgehead atoms. The van der Waals surface area contributed by atoms with Gasteiger partial charge in [-0.15, -0.1) is 0 Å². The third-order valence-corrected chi connectivity index (χ3v) is 3.03. The Morgan fingerprint density at radius 3 is 2.94 bits per heavy atom. The Kier molecular flexibility index (Phi) is 4.56. The summed E-state index contributed by atoms with van der Waals surface area (Å²) in [7, 11) is 0. The van der Waals surface area contributed by atoms with Gasteiger partial charge in [-0.1, -0.05) is 12.1 Å². The molecule has 5 heteroatoms. The summed E-state index contributed by atoms with van der Waals surface area (Å²) in [5, 5.41) is 15.0. The molecule has 0 saturated carbocycles. The van der Waals surface area contributed by atoms with E-state index in [1.807, 2.05) is 6.92 Å². The van der Waals surface area contributed by atoms with E-state index in [1.165, 1.54) is 0 Å². The van der Waals surface area contributed by atoms with Crippen LogP contribution in [0.25, 0.3) is 0 Å². The van der Waals surface area contributed by atoms with Crippen LogP contribution in [0.5, 0.6) is 0 Å². The first kappa shape index (κ1) is 13.3. The minimum atomic E-state index is -0.0459. The number of rotatable bonds is 4. The molecule has 1 fully saturated rings. The molecule has 1 saturated heterocycles. The van der Waals surface area contributed by atoms with E-state index < -0.39 is 0 Å². The Labute approximate surface area is 97.0 Å². The maximum atomic E-state index is 8.54. The number of hydrogen-bond acceptors (Lipinski definition) is 4. The number of nitrogens with zero attached hydrogens (tertiary/aromatic N) is 1. The van der Waals surface area contributed by atoms with Gasteiger partial charge in [0.05, 0.1) is 5.60 Å². The molecular formula is C11H23N3O2. The monoisotopic (exact) mass is 229 g/mol. The summed E-state index contributed by atoms with van der Waals surface area (Å²) >= 11 is 0. The smallest absolute Gasteiger partial charge is 0.143 e. The van der Waals surface area contributed by atoms with Gasteiger partial charge in [0.15, 0.2) is 0 Å². The van der Waals surface area contributed by atoms with Crippen LogP contribution < -0.4 is 11.1 Å². The molecular weight excluding hydrogens is 206 g/mol. The Morgan fingerprint density at radius 2 is 2.38 bits per heavy atom. The van der Waals surface area contributed by atoms with Crippen LogP contribution in [0.2, 0.25) is 0 Å². The zero-order chi connectivity index (χ0) is 12.2. The van der Waals surface area contributed by atoms with Gasteiger partial charge in [0.25, 0.3) is 0 Å². The number of nitrogens with one attached hydrogen (secondary N) is 1. The molecule has 0 aromatic carbocycles. The average Bonchev–Trinajstić information content (AvgIpc) is 2.23. The van der Waals surface area contributed by atoms with Crippen LogP contribution in [0, 0.1) is 5.92 Å². The molecule has 0 aromatic heterocycles. The van der Waals surface area contributed by atoms with Gasteiger partial charge in [-0.3, -0.25) is 0 Å². The fourth-order valence-electron chi connectivity index (χ4n) is 1.95. The van der Waals surface area contributed by atoms with Crippen LogP contribution in [-0.4, -0.2) is 35.8 Å². The minimum Gasteiger partial charge on any atom is -0.409 e. The quantitative estimate of drug-likeness (QED) is 0.290. The molecule has 5 nitrogen and oxygen atoms in total. The summed E-state index contributed by atoms with van der Waals surface area (Å²) in [6.45, 7) is 7.67. The SMILES string of the molecule is CC(CNC1CCOC(C)(C)C1)C(N)=NO. The predicted octanol–water partition coefficient (Wildman–Crippen LogP) is 0.916. The Hall–Kier alpha value is -0.810. The fourth-order valence-corrected chi connectivity index (χ4v) is 1.95. The van der Waals surface area contributed by atoms with Crippen molar-refractivity contribution in [3.05, 3.63) is 0 Å². The number of nitrogens with two attached hydrogens (primary N) is 1. The number of oxime groups is 1. The van der Waals surface area contributed by atoms with Gasteiger partial charge < -0.3 is 21.0 Å². The normalized spacial score (nSPS) is 27.7. The molecule has 0 aromatic rings. The first-order valence-electron chi connectivity index (χ1n) is 5.79. The van der Waals surface area contributed by atoms with E-state index in [0.29, 0.717) is 6.04 Å². The van der Waals surface area contributed by atoms with Crippen LogP contribution in [0.1, 0.15) is 33.6 Å². The first-order valence-corrected chi connectivity index (χ1v) is 5.79. The second-order valence-corrected chi connectivity index (χ2v) is 5.13. The van der Waals surface area contributed by atoms with Gasteiger partial charge in [-0.2, -0.15) is 0 Å². The molecule has 0 spiro atoms. The van der Waals surface area contributed by atoms with Crippen LogP contribution in [0.15, 0.2) is 5.16 Å². The second kappa shape index (κ2) is 5.50. The fraction of sp³-hybridized carbons (Fsp3) is 0.909. The molecule has 0 aliphatic carbocycles. The molecule has 0 radical (unpaired) electrons. The molecule has 16 heavy (non-hydrogen) atoms. The highest BCUT2D eigenvalue weighted by Crippen LogP contribution is 2.23. The van der Waals surface area contributed by atoms with Crippen molar-refractivity contribution in [3.8, 4) is 0 Å². The lowest BCUT2D eigenvalue weighted by atomic mass is 9.93. The van der Waals surface area contributed by atoms with E-state index in [1.54, 1.807) is 0 Å². The van der Waals surface area contributed by atoms with Gasteiger partial charge in [-0.25, -0.2) is 0 Å². The van der Waals surface area contributed by atoms with Crippen molar-refractivity contribution in [1.82, 2.24) is 5.32 Å². The topological polar surface area (TPSA) is 79.9 Å². The third kappa shape index (κ3) is 3.98. The average molecular weight is 229 g/mol. The molecule has 4 N–H and O–H groups in total. The number of hydrogen-bond donors (Lipinski definition) is 3. The lowest BCUT2D eigenvalue weighted by Gasteiger charge is -2.36. The van der Waals surface area contributed by atoms with Crippen molar-refractivity contribution in [2.75, 3.05) is 13.2 Å². The summed E-state index contributed by atoms with van der Waals surface area (Å²) in [6.07, 6.45) is 2.02. The summed E-state index contributed by atoms with van der Waals surface area (Å²) in [5.74, 6) is 0.328. The Balaban J connectivity index is 2.33. The number of amidine groups is 1. The summed E-state index contributed by atoms with van der Waals surface area (Å²) in [6, 6.07) is 0.456. The highest BCUT2D eigenvalue weighted by Gasteiger charge is 2.28. The standard InChI is InChI=1S/C11H23N3O2/c1-8(10(12)14-15)7-13-9-4-5-16-11(2,3)6-9/h8-9,13,15H,4-7H2,1-3H3,(H2,12,14). The van der Waals surface area contributed by atoms with Gasteiger partial charge in [-0.05, 0) is 26.7 Å². The van der Waals surface area contributed by atoms with E-state index in [0.717, 1.165) is 26.0 Å². The highest BCUT2D eigenvalue weighted by molar-refractivity contribution is 5.82. The molecule has 94 valence electrons. The molecule has 1 rings (SSSR count). The minimum absolute atomic E-state index is 0.0459. The maximum absolute atomic E-state index is 8.54. The summed E-state index contributed by atoms with van der Waals surface area (Å²) in [4.78, 5) is 0. The summed E-state index contributed by atoms with van der Waals surface area (Å²) in [5.41, 5.74) is 5.47. The molecule has 1 aliphatic rings. The van der Waals surface area contributed by atoms with Crippen molar-refractivity contribution < 1.29 is 9.94 Å². The van der Waals surface area contributed by atoms with E-state index in [2.05, 4.69) is 24.3 Å². The van der Waals surface area contributed by atoms with E-state index >= 15 is 0 Å². The van der Waals surface area contributed by atoms with Gasteiger partial charge in [0.1, 0.15) is 5.84 Å². The molecule has 0 amide bonds. The maximum Gasteiger partial charge on any atom is 0.143 e. The first-order chi connectivity index (χ1) is 7.44. The van der Waals surface area contributed by atoms with E-state index in [4.69, 9.17) is 15.7 Å². The summed E-state index contributed by atoms with van der Waals surface area (Å²) < 4.78 is 5.64.